The van der Waals surface area contributed by atoms with Gasteiger partial charge in [-0.15, -0.1) is 0 Å². The molecule has 1 heterocycles. The molecule has 0 aromatic heterocycles. The number of hydrogen-bond acceptors (Lipinski definition) is 5. The Kier molecular flexibility index (Phi) is 8.12. The van der Waals surface area contributed by atoms with Gasteiger partial charge in [0.2, 0.25) is 5.91 Å². The minimum Gasteiger partial charge on any atom is -0.479 e. The van der Waals surface area contributed by atoms with E-state index in [-0.39, 0.29) is 17.8 Å². The quantitative estimate of drug-likeness (QED) is 0.130. The van der Waals surface area contributed by atoms with Gasteiger partial charge in [0.05, 0.1) is 0 Å². The highest BCUT2D eigenvalue weighted by atomic mass is 16.6. The van der Waals surface area contributed by atoms with E-state index in [0.717, 1.165) is 6.42 Å². The van der Waals surface area contributed by atoms with Crippen LogP contribution in [0.15, 0.2) is 4.99 Å². The van der Waals surface area contributed by atoms with Crippen molar-refractivity contribution in [2.24, 2.45) is 22.4 Å². The Labute approximate surface area is 146 Å². The number of guanidine groups is 1. The lowest BCUT2D eigenvalue weighted by Gasteiger charge is -2.19. The Hall–Kier alpha value is -2.36. The molecule has 0 aliphatic carbocycles. The summed E-state index contributed by atoms with van der Waals surface area (Å²) in [6, 6.07) is -0.733. The summed E-state index contributed by atoms with van der Waals surface area (Å²) in [6.07, 6.45) is -0.304. The van der Waals surface area contributed by atoms with E-state index in [0.29, 0.717) is 25.9 Å². The number of unbranched alkanes of at least 4 members (excludes halogenated alkanes) is 1. The predicted octanol–water partition coefficient (Wildman–Crippen LogP) is -1.46. The number of aliphatic imine (C=N–C) groups is 1. The largest absolute Gasteiger partial charge is 0.479 e. The number of epoxide rings is 1. The third kappa shape index (κ3) is 7.84. The van der Waals surface area contributed by atoms with E-state index in [1.807, 2.05) is 13.8 Å². The molecule has 2 unspecified atom stereocenters. The number of carboxylic acids is 1. The molecular formula is C15H27N5O5. The number of carbonyl (C=O) groups excluding carboxylic acids is 2. The molecule has 3 atom stereocenters. The number of nitrogens with one attached hydrogen (secondary N) is 2. The van der Waals surface area contributed by atoms with Crippen molar-refractivity contribution in [3.63, 3.8) is 0 Å². The van der Waals surface area contributed by atoms with Crippen LogP contribution in [0.4, 0.5) is 0 Å². The first-order valence-corrected chi connectivity index (χ1v) is 8.24. The normalized spacial score (nSPS) is 19.8. The molecule has 0 bridgehead atoms. The van der Waals surface area contributed by atoms with Gasteiger partial charge in [-0.3, -0.25) is 14.6 Å². The fourth-order valence-electron chi connectivity index (χ4n) is 2.24. The van der Waals surface area contributed by atoms with Crippen molar-refractivity contribution in [3.8, 4) is 0 Å². The molecule has 1 aliphatic rings. The van der Waals surface area contributed by atoms with Crippen molar-refractivity contribution in [2.45, 2.75) is 51.4 Å². The molecule has 7 N–H and O–H groups in total. The van der Waals surface area contributed by atoms with Crippen LogP contribution in [0.1, 0.15) is 33.1 Å². The Bertz CT molecular complexity index is 518. The van der Waals surface area contributed by atoms with E-state index in [9.17, 15) is 14.4 Å². The van der Waals surface area contributed by atoms with Crippen LogP contribution in [-0.4, -0.2) is 60.2 Å². The van der Waals surface area contributed by atoms with Crippen LogP contribution < -0.4 is 22.1 Å². The Morgan fingerprint density at radius 2 is 1.88 bits per heavy atom. The number of carbonyl (C=O) groups is 3. The van der Waals surface area contributed by atoms with Gasteiger partial charge < -0.3 is 31.9 Å². The number of nitrogens with two attached hydrogens (primary N) is 2. The molecule has 142 valence electrons. The lowest BCUT2D eigenvalue weighted by Crippen LogP contribution is -2.49. The number of amides is 2. The zero-order chi connectivity index (χ0) is 19.0. The van der Waals surface area contributed by atoms with Gasteiger partial charge in [0.15, 0.2) is 18.2 Å². The molecule has 10 nitrogen and oxygen atoms in total. The van der Waals surface area contributed by atoms with Crippen LogP contribution in [0, 0.1) is 5.92 Å². The molecule has 0 aromatic carbocycles. The zero-order valence-corrected chi connectivity index (χ0v) is 14.5. The lowest BCUT2D eigenvalue weighted by molar-refractivity contribution is -0.138. The van der Waals surface area contributed by atoms with E-state index in [2.05, 4.69) is 15.6 Å². The summed E-state index contributed by atoms with van der Waals surface area (Å²) in [5.41, 5.74) is 10.4. The van der Waals surface area contributed by atoms with Gasteiger partial charge in [0, 0.05) is 13.1 Å². The summed E-state index contributed by atoms with van der Waals surface area (Å²) < 4.78 is 4.79. The van der Waals surface area contributed by atoms with E-state index in [1.165, 1.54) is 0 Å². The van der Waals surface area contributed by atoms with Crippen LogP contribution in [0.5, 0.6) is 0 Å². The molecule has 1 fully saturated rings. The highest BCUT2D eigenvalue weighted by Gasteiger charge is 2.51. The molecule has 0 saturated carbocycles. The fourth-order valence-corrected chi connectivity index (χ4v) is 2.24. The number of aliphatic carboxylic acids is 1. The first-order valence-electron chi connectivity index (χ1n) is 8.24. The second-order valence-electron chi connectivity index (χ2n) is 6.31. The molecule has 1 rings (SSSR count). The fraction of sp³-hybridized carbons (Fsp3) is 0.733. The van der Waals surface area contributed by atoms with Crippen LogP contribution in [-0.2, 0) is 19.1 Å². The summed E-state index contributed by atoms with van der Waals surface area (Å²) in [5, 5.41) is 14.1. The smallest absolute Gasteiger partial charge is 0.336 e. The third-order valence-electron chi connectivity index (χ3n) is 3.51. The Balaban J connectivity index is 2.40. The standard InChI is InChI=1S/C15H27N5O5/c1-8(2)7-9(20-13(22)10-11(25-10)14(23)24)12(21)18-5-3-4-6-19-15(16)17/h8-11H,3-7H2,1-2H3,(H,18,21)(H,20,22)(H,23,24)(H4,16,17,19)/t9?,10-,11?/m0/s1. The van der Waals surface area contributed by atoms with Crippen molar-refractivity contribution in [1.82, 2.24) is 10.6 Å². The van der Waals surface area contributed by atoms with Crippen molar-refractivity contribution < 1.29 is 24.2 Å². The molecule has 0 aromatic rings. The van der Waals surface area contributed by atoms with Crippen molar-refractivity contribution >= 4 is 23.7 Å². The number of carboxylic acid groups (broad SMARTS) is 1. The van der Waals surface area contributed by atoms with Crippen LogP contribution in [0.2, 0.25) is 0 Å². The maximum Gasteiger partial charge on any atom is 0.336 e. The van der Waals surface area contributed by atoms with Crippen molar-refractivity contribution in [1.29, 1.82) is 0 Å². The minimum atomic E-state index is -1.19. The molecule has 0 spiro atoms. The van der Waals surface area contributed by atoms with Crippen LogP contribution in [0.25, 0.3) is 0 Å². The van der Waals surface area contributed by atoms with Gasteiger partial charge in [0.1, 0.15) is 6.04 Å². The summed E-state index contributed by atoms with van der Waals surface area (Å²) in [6.45, 7) is 4.77. The minimum absolute atomic E-state index is 0.0331. The maximum absolute atomic E-state index is 12.3. The number of rotatable bonds is 11. The monoisotopic (exact) mass is 357 g/mol. The Morgan fingerprint density at radius 3 is 2.40 bits per heavy atom. The predicted molar refractivity (Wildman–Crippen MR) is 90.6 cm³/mol. The van der Waals surface area contributed by atoms with Crippen LogP contribution >= 0.6 is 0 Å². The molecule has 1 aliphatic heterocycles. The molecule has 1 saturated heterocycles. The van der Waals surface area contributed by atoms with E-state index in [1.54, 1.807) is 0 Å². The SMILES string of the molecule is CC(C)CC(NC(=O)[C@H]1OC1C(=O)O)C(=O)NCCCCN=C(N)N. The molecule has 25 heavy (non-hydrogen) atoms. The summed E-state index contributed by atoms with van der Waals surface area (Å²) >= 11 is 0. The molecule has 2 amide bonds. The maximum atomic E-state index is 12.3. The molecular weight excluding hydrogens is 330 g/mol. The van der Waals surface area contributed by atoms with Gasteiger partial charge in [-0.2, -0.15) is 0 Å². The van der Waals surface area contributed by atoms with Crippen molar-refractivity contribution in [2.75, 3.05) is 13.1 Å². The zero-order valence-electron chi connectivity index (χ0n) is 14.5. The molecule has 10 heteroatoms. The van der Waals surface area contributed by atoms with Gasteiger partial charge in [-0.1, -0.05) is 13.8 Å². The average molecular weight is 357 g/mol. The first kappa shape index (κ1) is 20.7. The number of hydrogen-bond donors (Lipinski definition) is 5. The van der Waals surface area contributed by atoms with Crippen molar-refractivity contribution in [3.05, 3.63) is 0 Å². The highest BCUT2D eigenvalue weighted by Crippen LogP contribution is 2.22. The first-order chi connectivity index (χ1) is 11.7. The lowest BCUT2D eigenvalue weighted by atomic mass is 10.0. The van der Waals surface area contributed by atoms with Gasteiger partial charge in [-0.05, 0) is 25.2 Å². The Morgan fingerprint density at radius 1 is 1.20 bits per heavy atom. The van der Waals surface area contributed by atoms with Gasteiger partial charge in [-0.25, -0.2) is 4.79 Å². The highest BCUT2D eigenvalue weighted by molar-refractivity contribution is 5.95. The van der Waals surface area contributed by atoms with E-state index < -0.39 is 30.1 Å². The third-order valence-corrected chi connectivity index (χ3v) is 3.51. The number of ether oxygens (including phenoxy) is 1. The summed E-state index contributed by atoms with van der Waals surface area (Å²) in [7, 11) is 0. The average Bonchev–Trinajstić information content (AvgIpc) is 3.29. The number of nitrogens with zero attached hydrogens (tertiary/aromatic N) is 1. The summed E-state index contributed by atoms with van der Waals surface area (Å²) in [5.74, 6) is -1.87. The van der Waals surface area contributed by atoms with Gasteiger partial charge in [0.25, 0.3) is 5.91 Å². The summed E-state index contributed by atoms with van der Waals surface area (Å²) in [4.78, 5) is 38.8. The van der Waals surface area contributed by atoms with Gasteiger partial charge >= 0.3 is 5.97 Å². The van der Waals surface area contributed by atoms with E-state index in [4.69, 9.17) is 21.3 Å². The van der Waals surface area contributed by atoms with Crippen LogP contribution in [0.3, 0.4) is 0 Å². The topological polar surface area (TPSA) is 172 Å². The molecule has 0 radical (unpaired) electrons. The van der Waals surface area contributed by atoms with E-state index >= 15 is 0 Å². The second kappa shape index (κ2) is 9.82. The second-order valence-corrected chi connectivity index (χ2v) is 6.31.